The van der Waals surface area contributed by atoms with Crippen LogP contribution >= 0.6 is 0 Å². The third kappa shape index (κ3) is 1.81. The van der Waals surface area contributed by atoms with E-state index in [0.29, 0.717) is 11.6 Å². The second-order valence-corrected chi connectivity index (χ2v) is 3.29. The standard InChI is InChI=1S/C10H13N5/c1-3-15-8(4-5-12-15)10-13-7(2)6-9(11)14-10/h4-6H,3H2,1-2H3,(H2,11,13,14). The maximum absolute atomic E-state index is 5.68. The van der Waals surface area contributed by atoms with Gasteiger partial charge < -0.3 is 5.73 Å². The maximum Gasteiger partial charge on any atom is 0.180 e. The van der Waals surface area contributed by atoms with E-state index < -0.39 is 0 Å². The van der Waals surface area contributed by atoms with E-state index in [-0.39, 0.29) is 0 Å². The molecule has 78 valence electrons. The van der Waals surface area contributed by atoms with Gasteiger partial charge >= 0.3 is 0 Å². The van der Waals surface area contributed by atoms with Crippen LogP contribution in [0.25, 0.3) is 11.5 Å². The van der Waals surface area contributed by atoms with Gasteiger partial charge in [-0.15, -0.1) is 0 Å². The highest BCUT2D eigenvalue weighted by atomic mass is 15.3. The third-order valence-electron chi connectivity index (χ3n) is 2.12. The minimum atomic E-state index is 0.487. The smallest absolute Gasteiger partial charge is 0.180 e. The van der Waals surface area contributed by atoms with Gasteiger partial charge in [0.1, 0.15) is 11.5 Å². The SMILES string of the molecule is CCn1nccc1-c1nc(C)cc(N)n1. The molecule has 0 unspecified atom stereocenters. The average Bonchev–Trinajstić information content (AvgIpc) is 2.63. The van der Waals surface area contributed by atoms with E-state index in [1.54, 1.807) is 12.3 Å². The molecule has 2 aromatic rings. The summed E-state index contributed by atoms with van der Waals surface area (Å²) in [6.07, 6.45) is 1.74. The lowest BCUT2D eigenvalue weighted by atomic mass is 10.3. The molecule has 0 radical (unpaired) electrons. The third-order valence-corrected chi connectivity index (χ3v) is 2.12. The Balaban J connectivity index is 2.53. The molecule has 0 aliphatic heterocycles. The van der Waals surface area contributed by atoms with Gasteiger partial charge in [-0.05, 0) is 19.9 Å². The summed E-state index contributed by atoms with van der Waals surface area (Å²) >= 11 is 0. The lowest BCUT2D eigenvalue weighted by Crippen LogP contribution is -2.03. The van der Waals surface area contributed by atoms with Crippen molar-refractivity contribution in [2.75, 3.05) is 5.73 Å². The summed E-state index contributed by atoms with van der Waals surface area (Å²) in [5.74, 6) is 1.12. The van der Waals surface area contributed by atoms with Gasteiger partial charge in [-0.3, -0.25) is 4.68 Å². The molecule has 0 saturated heterocycles. The molecular formula is C10H13N5. The van der Waals surface area contributed by atoms with Gasteiger partial charge in [0.25, 0.3) is 0 Å². The Morgan fingerprint density at radius 1 is 1.40 bits per heavy atom. The molecule has 0 aliphatic rings. The molecule has 5 nitrogen and oxygen atoms in total. The van der Waals surface area contributed by atoms with Gasteiger partial charge in [0.2, 0.25) is 0 Å². The highest BCUT2D eigenvalue weighted by Gasteiger charge is 2.08. The molecule has 2 rings (SSSR count). The molecule has 0 fully saturated rings. The number of aromatic nitrogens is 4. The molecule has 0 aliphatic carbocycles. The molecule has 0 amide bonds. The van der Waals surface area contributed by atoms with Crippen molar-refractivity contribution in [3.8, 4) is 11.5 Å². The molecule has 0 saturated carbocycles. The second kappa shape index (κ2) is 3.68. The van der Waals surface area contributed by atoms with E-state index in [0.717, 1.165) is 17.9 Å². The summed E-state index contributed by atoms with van der Waals surface area (Å²) in [6, 6.07) is 3.63. The van der Waals surface area contributed by atoms with Crippen LogP contribution < -0.4 is 5.73 Å². The Labute approximate surface area is 88.0 Å². The molecule has 0 aromatic carbocycles. The topological polar surface area (TPSA) is 69.6 Å². The minimum absolute atomic E-state index is 0.487. The number of nitrogen functional groups attached to an aromatic ring is 1. The monoisotopic (exact) mass is 203 g/mol. The Hall–Kier alpha value is -1.91. The van der Waals surface area contributed by atoms with E-state index in [1.807, 2.05) is 24.6 Å². The second-order valence-electron chi connectivity index (χ2n) is 3.29. The molecule has 0 bridgehead atoms. The van der Waals surface area contributed by atoms with E-state index >= 15 is 0 Å². The molecule has 0 atom stereocenters. The van der Waals surface area contributed by atoms with Crippen LogP contribution in [0.4, 0.5) is 5.82 Å². The Kier molecular flexibility index (Phi) is 2.37. The number of aryl methyl sites for hydroxylation is 2. The molecular weight excluding hydrogens is 190 g/mol. The van der Waals surface area contributed by atoms with Crippen LogP contribution in [-0.2, 0) is 6.54 Å². The van der Waals surface area contributed by atoms with Crippen molar-refractivity contribution in [2.24, 2.45) is 0 Å². The van der Waals surface area contributed by atoms with Crippen molar-refractivity contribution in [3.05, 3.63) is 24.0 Å². The molecule has 2 aromatic heterocycles. The van der Waals surface area contributed by atoms with Gasteiger partial charge in [-0.2, -0.15) is 5.10 Å². The fourth-order valence-electron chi connectivity index (χ4n) is 1.48. The van der Waals surface area contributed by atoms with Gasteiger partial charge in [-0.1, -0.05) is 0 Å². The minimum Gasteiger partial charge on any atom is -0.384 e. The van der Waals surface area contributed by atoms with Crippen molar-refractivity contribution >= 4 is 5.82 Å². The Morgan fingerprint density at radius 2 is 2.20 bits per heavy atom. The van der Waals surface area contributed by atoms with E-state index in [9.17, 15) is 0 Å². The van der Waals surface area contributed by atoms with Crippen LogP contribution in [0.5, 0.6) is 0 Å². The summed E-state index contributed by atoms with van der Waals surface area (Å²) in [7, 11) is 0. The summed E-state index contributed by atoms with van der Waals surface area (Å²) in [6.45, 7) is 4.71. The highest BCUT2D eigenvalue weighted by Crippen LogP contribution is 2.15. The first-order chi connectivity index (χ1) is 7.20. The van der Waals surface area contributed by atoms with Gasteiger partial charge in [0.15, 0.2) is 5.82 Å². The molecule has 2 N–H and O–H groups in total. The zero-order valence-electron chi connectivity index (χ0n) is 8.81. The predicted molar refractivity (Wildman–Crippen MR) is 58.1 cm³/mol. The van der Waals surface area contributed by atoms with Crippen molar-refractivity contribution in [1.82, 2.24) is 19.7 Å². The molecule has 2 heterocycles. The first-order valence-electron chi connectivity index (χ1n) is 4.84. The molecule has 5 heteroatoms. The van der Waals surface area contributed by atoms with Crippen LogP contribution in [0, 0.1) is 6.92 Å². The lowest BCUT2D eigenvalue weighted by Gasteiger charge is -2.04. The Morgan fingerprint density at radius 3 is 2.87 bits per heavy atom. The maximum atomic E-state index is 5.68. The fourth-order valence-corrected chi connectivity index (χ4v) is 1.48. The first-order valence-corrected chi connectivity index (χ1v) is 4.84. The zero-order chi connectivity index (χ0) is 10.8. The summed E-state index contributed by atoms with van der Waals surface area (Å²) < 4.78 is 1.84. The normalized spacial score (nSPS) is 10.5. The molecule has 15 heavy (non-hydrogen) atoms. The number of hydrogen-bond donors (Lipinski definition) is 1. The number of nitrogens with zero attached hydrogens (tertiary/aromatic N) is 4. The number of anilines is 1. The van der Waals surface area contributed by atoms with Crippen LogP contribution in [0.1, 0.15) is 12.6 Å². The van der Waals surface area contributed by atoms with Crippen molar-refractivity contribution in [2.45, 2.75) is 20.4 Å². The van der Waals surface area contributed by atoms with Crippen molar-refractivity contribution in [3.63, 3.8) is 0 Å². The number of nitrogens with two attached hydrogens (primary N) is 1. The van der Waals surface area contributed by atoms with Crippen LogP contribution in [-0.4, -0.2) is 19.7 Å². The van der Waals surface area contributed by atoms with Crippen molar-refractivity contribution < 1.29 is 0 Å². The van der Waals surface area contributed by atoms with Gasteiger partial charge in [0, 0.05) is 24.5 Å². The summed E-state index contributed by atoms with van der Waals surface area (Å²) in [5.41, 5.74) is 7.43. The fraction of sp³-hybridized carbons (Fsp3) is 0.300. The van der Waals surface area contributed by atoms with E-state index in [1.165, 1.54) is 0 Å². The average molecular weight is 203 g/mol. The van der Waals surface area contributed by atoms with E-state index in [4.69, 9.17) is 5.73 Å². The zero-order valence-corrected chi connectivity index (χ0v) is 8.81. The predicted octanol–water partition coefficient (Wildman–Crippen LogP) is 1.25. The van der Waals surface area contributed by atoms with E-state index in [2.05, 4.69) is 15.1 Å². The van der Waals surface area contributed by atoms with Crippen molar-refractivity contribution in [1.29, 1.82) is 0 Å². The van der Waals surface area contributed by atoms with Crippen LogP contribution in [0.15, 0.2) is 18.3 Å². The number of rotatable bonds is 2. The van der Waals surface area contributed by atoms with Gasteiger partial charge in [0.05, 0.1) is 0 Å². The number of hydrogen-bond acceptors (Lipinski definition) is 4. The summed E-state index contributed by atoms with van der Waals surface area (Å²) in [4.78, 5) is 8.52. The highest BCUT2D eigenvalue weighted by molar-refractivity contribution is 5.52. The summed E-state index contributed by atoms with van der Waals surface area (Å²) in [5, 5.41) is 4.17. The first kappa shape index (κ1) is 9.64. The van der Waals surface area contributed by atoms with Gasteiger partial charge in [-0.25, -0.2) is 9.97 Å². The largest absolute Gasteiger partial charge is 0.384 e. The van der Waals surface area contributed by atoms with Crippen LogP contribution in [0.3, 0.4) is 0 Å². The Bertz CT molecular complexity index is 454. The quantitative estimate of drug-likeness (QED) is 0.797. The van der Waals surface area contributed by atoms with Crippen LogP contribution in [0.2, 0.25) is 0 Å². The molecule has 0 spiro atoms. The lowest BCUT2D eigenvalue weighted by molar-refractivity contribution is 0.663.